The Balaban J connectivity index is 1.86. The van der Waals surface area contributed by atoms with Crippen molar-refractivity contribution >= 4 is 22.9 Å². The van der Waals surface area contributed by atoms with E-state index in [1.165, 1.54) is 0 Å². The minimum Gasteiger partial charge on any atom is -0.459 e. The molecule has 3 amide bonds. The molecule has 0 aliphatic rings. The summed E-state index contributed by atoms with van der Waals surface area (Å²) in [6.45, 7) is 7.40. The molecule has 0 fully saturated rings. The van der Waals surface area contributed by atoms with Gasteiger partial charge in [-0.15, -0.1) is 0 Å². The first-order chi connectivity index (χ1) is 10.7. The minimum absolute atomic E-state index is 0.0735. The molecule has 2 rings (SSSR count). The lowest BCUT2D eigenvalue weighted by molar-refractivity contribution is -0.121. The summed E-state index contributed by atoms with van der Waals surface area (Å²) in [6.07, 6.45) is 0. The van der Waals surface area contributed by atoms with Gasteiger partial charge >= 0.3 is 6.03 Å². The van der Waals surface area contributed by atoms with Crippen LogP contribution in [0.1, 0.15) is 39.5 Å². The van der Waals surface area contributed by atoms with Crippen LogP contribution in [-0.4, -0.2) is 24.0 Å². The maximum atomic E-state index is 11.9. The molecule has 2 aromatic rings. The number of nitrogens with one attached hydrogen (secondary N) is 3. The SMILES string of the molecule is CC(NC(=O)NCC(=O)NC(C)(C)C)c1cc2ccccc2o1. The van der Waals surface area contributed by atoms with Gasteiger partial charge in [0.15, 0.2) is 0 Å². The van der Waals surface area contributed by atoms with E-state index >= 15 is 0 Å². The number of carbonyl (C=O) groups excluding carboxylic acids is 2. The second-order valence-corrected chi connectivity index (χ2v) is 6.53. The van der Waals surface area contributed by atoms with E-state index in [-0.39, 0.29) is 24.0 Å². The van der Waals surface area contributed by atoms with Crippen LogP contribution in [0.2, 0.25) is 0 Å². The Kier molecular flexibility index (Phi) is 4.93. The number of rotatable bonds is 4. The number of carbonyl (C=O) groups is 2. The van der Waals surface area contributed by atoms with E-state index in [2.05, 4.69) is 16.0 Å². The molecule has 23 heavy (non-hydrogen) atoms. The fraction of sp³-hybridized carbons (Fsp3) is 0.412. The highest BCUT2D eigenvalue weighted by Gasteiger charge is 2.16. The molecule has 3 N–H and O–H groups in total. The number of para-hydroxylation sites is 1. The number of hydrogen-bond donors (Lipinski definition) is 3. The van der Waals surface area contributed by atoms with Crippen LogP contribution in [0.25, 0.3) is 11.0 Å². The third kappa shape index (κ3) is 5.02. The number of urea groups is 1. The van der Waals surface area contributed by atoms with Crippen molar-refractivity contribution in [3.8, 4) is 0 Å². The molecule has 124 valence electrons. The van der Waals surface area contributed by atoms with Crippen molar-refractivity contribution in [3.05, 3.63) is 36.1 Å². The van der Waals surface area contributed by atoms with Crippen molar-refractivity contribution in [2.45, 2.75) is 39.3 Å². The van der Waals surface area contributed by atoms with Gasteiger partial charge in [-0.3, -0.25) is 4.79 Å². The Labute approximate surface area is 135 Å². The zero-order valence-corrected chi connectivity index (χ0v) is 13.9. The number of hydrogen-bond acceptors (Lipinski definition) is 3. The normalized spacial score (nSPS) is 12.7. The molecule has 0 saturated carbocycles. The lowest BCUT2D eigenvalue weighted by atomic mass is 10.1. The molecule has 1 unspecified atom stereocenters. The summed E-state index contributed by atoms with van der Waals surface area (Å²) >= 11 is 0. The van der Waals surface area contributed by atoms with E-state index < -0.39 is 6.03 Å². The first kappa shape index (κ1) is 16.9. The van der Waals surface area contributed by atoms with Gasteiger partial charge < -0.3 is 20.4 Å². The monoisotopic (exact) mass is 317 g/mol. The van der Waals surface area contributed by atoms with Crippen molar-refractivity contribution in [1.82, 2.24) is 16.0 Å². The maximum Gasteiger partial charge on any atom is 0.315 e. The number of furan rings is 1. The second kappa shape index (κ2) is 6.73. The van der Waals surface area contributed by atoms with E-state index in [9.17, 15) is 9.59 Å². The summed E-state index contributed by atoms with van der Waals surface area (Å²) in [7, 11) is 0. The van der Waals surface area contributed by atoms with Gasteiger partial charge in [0, 0.05) is 10.9 Å². The van der Waals surface area contributed by atoms with Crippen LogP contribution in [0.3, 0.4) is 0 Å². The molecule has 0 spiro atoms. The zero-order chi connectivity index (χ0) is 17.0. The van der Waals surface area contributed by atoms with Crippen LogP contribution in [0, 0.1) is 0 Å². The molecule has 6 nitrogen and oxygen atoms in total. The molecule has 1 aromatic carbocycles. The van der Waals surface area contributed by atoms with Gasteiger partial charge in [0.2, 0.25) is 5.91 Å². The largest absolute Gasteiger partial charge is 0.459 e. The van der Waals surface area contributed by atoms with Crippen molar-refractivity contribution < 1.29 is 14.0 Å². The lowest BCUT2D eigenvalue weighted by Gasteiger charge is -2.20. The second-order valence-electron chi connectivity index (χ2n) is 6.53. The first-order valence-corrected chi connectivity index (χ1v) is 7.58. The quantitative estimate of drug-likeness (QED) is 0.810. The molecule has 0 bridgehead atoms. The van der Waals surface area contributed by atoms with Gasteiger partial charge in [0.05, 0.1) is 12.6 Å². The summed E-state index contributed by atoms with van der Waals surface area (Å²) in [6, 6.07) is 8.84. The van der Waals surface area contributed by atoms with Crippen LogP contribution >= 0.6 is 0 Å². The standard InChI is InChI=1S/C17H23N3O3/c1-11(14-9-12-7-5-6-8-13(12)23-14)19-16(22)18-10-15(21)20-17(2,3)4/h5-9,11H,10H2,1-4H3,(H,20,21)(H2,18,19,22). The summed E-state index contributed by atoms with van der Waals surface area (Å²) in [5, 5.41) is 9.05. The topological polar surface area (TPSA) is 83.4 Å². The first-order valence-electron chi connectivity index (χ1n) is 7.58. The van der Waals surface area contributed by atoms with Gasteiger partial charge in [-0.05, 0) is 39.8 Å². The molecular formula is C17H23N3O3. The fourth-order valence-corrected chi connectivity index (χ4v) is 2.16. The lowest BCUT2D eigenvalue weighted by Crippen LogP contribution is -2.47. The third-order valence-corrected chi connectivity index (χ3v) is 3.14. The third-order valence-electron chi connectivity index (χ3n) is 3.14. The molecule has 0 radical (unpaired) electrons. The summed E-state index contributed by atoms with van der Waals surface area (Å²) in [4.78, 5) is 23.5. The molecule has 0 aliphatic carbocycles. The molecular weight excluding hydrogens is 294 g/mol. The summed E-state index contributed by atoms with van der Waals surface area (Å²) < 4.78 is 5.70. The molecule has 0 aliphatic heterocycles. The Morgan fingerprint density at radius 2 is 1.91 bits per heavy atom. The van der Waals surface area contributed by atoms with Gasteiger partial charge in [0.25, 0.3) is 0 Å². The van der Waals surface area contributed by atoms with E-state index in [4.69, 9.17) is 4.42 Å². The molecule has 0 saturated heterocycles. The molecule has 6 heteroatoms. The summed E-state index contributed by atoms with van der Waals surface area (Å²) in [5.74, 6) is 0.435. The maximum absolute atomic E-state index is 11.9. The number of fused-ring (bicyclic) bond motifs is 1. The molecule has 1 heterocycles. The number of amides is 3. The zero-order valence-electron chi connectivity index (χ0n) is 13.9. The van der Waals surface area contributed by atoms with Gasteiger partial charge in [-0.1, -0.05) is 18.2 Å². The Morgan fingerprint density at radius 1 is 1.22 bits per heavy atom. The van der Waals surface area contributed by atoms with Crippen LogP contribution in [0.4, 0.5) is 4.79 Å². The predicted molar refractivity (Wildman–Crippen MR) is 89.1 cm³/mol. The highest BCUT2D eigenvalue weighted by molar-refractivity contribution is 5.84. The van der Waals surface area contributed by atoms with Crippen molar-refractivity contribution in [2.75, 3.05) is 6.54 Å². The van der Waals surface area contributed by atoms with E-state index in [0.717, 1.165) is 11.0 Å². The van der Waals surface area contributed by atoms with E-state index in [1.807, 2.05) is 58.0 Å². The smallest absolute Gasteiger partial charge is 0.315 e. The van der Waals surface area contributed by atoms with Crippen molar-refractivity contribution in [3.63, 3.8) is 0 Å². The summed E-state index contributed by atoms with van der Waals surface area (Å²) in [5.41, 5.74) is 0.456. The molecule has 1 aromatic heterocycles. The Morgan fingerprint density at radius 3 is 2.57 bits per heavy atom. The molecule has 1 atom stereocenters. The van der Waals surface area contributed by atoms with E-state index in [0.29, 0.717) is 5.76 Å². The fourth-order valence-electron chi connectivity index (χ4n) is 2.16. The van der Waals surface area contributed by atoms with Crippen LogP contribution in [-0.2, 0) is 4.79 Å². The number of benzene rings is 1. The Hall–Kier alpha value is -2.50. The minimum atomic E-state index is -0.415. The van der Waals surface area contributed by atoms with Gasteiger partial charge in [-0.25, -0.2) is 4.79 Å². The van der Waals surface area contributed by atoms with Crippen LogP contribution in [0.15, 0.2) is 34.7 Å². The average molecular weight is 317 g/mol. The van der Waals surface area contributed by atoms with Crippen molar-refractivity contribution in [1.29, 1.82) is 0 Å². The van der Waals surface area contributed by atoms with E-state index in [1.54, 1.807) is 0 Å². The van der Waals surface area contributed by atoms with Gasteiger partial charge in [0.1, 0.15) is 11.3 Å². The predicted octanol–water partition coefficient (Wildman–Crippen LogP) is 2.71. The van der Waals surface area contributed by atoms with Gasteiger partial charge in [-0.2, -0.15) is 0 Å². The highest BCUT2D eigenvalue weighted by Crippen LogP contribution is 2.23. The van der Waals surface area contributed by atoms with Crippen LogP contribution in [0.5, 0.6) is 0 Å². The van der Waals surface area contributed by atoms with Crippen molar-refractivity contribution in [2.24, 2.45) is 0 Å². The highest BCUT2D eigenvalue weighted by atomic mass is 16.3. The average Bonchev–Trinajstić information content (AvgIpc) is 2.87. The van der Waals surface area contributed by atoms with Crippen LogP contribution < -0.4 is 16.0 Å². The Bertz CT molecular complexity index is 667.